The van der Waals surface area contributed by atoms with Crippen molar-refractivity contribution in [3.8, 4) is 11.1 Å². The largest absolute Gasteiger partial charge is 0.0683 e. The Balaban J connectivity index is 1.58. The highest BCUT2D eigenvalue weighted by Gasteiger charge is 2.36. The molecule has 0 nitrogen and oxygen atoms in total. The lowest BCUT2D eigenvalue weighted by molar-refractivity contribution is 0.835. The molecule has 0 heterocycles. The summed E-state index contributed by atoms with van der Waals surface area (Å²) in [6, 6.07) is 36.9. The van der Waals surface area contributed by atoms with Crippen LogP contribution in [0.25, 0.3) is 11.1 Å². The van der Waals surface area contributed by atoms with Crippen molar-refractivity contribution >= 4 is 37.1 Å². The molecule has 2 aliphatic carbocycles. The quantitative estimate of drug-likeness (QED) is 0.208. The average Bonchev–Trinajstić information content (AvgIpc) is 3.67. The summed E-state index contributed by atoms with van der Waals surface area (Å²) in [5.41, 5.74) is 7.78. The van der Waals surface area contributed by atoms with Crippen molar-refractivity contribution < 1.29 is 0 Å². The first-order valence-electron chi connectivity index (χ1n) is 14.6. The second-order valence-corrected chi connectivity index (χ2v) is 16.2. The minimum absolute atomic E-state index is 0.164. The summed E-state index contributed by atoms with van der Waals surface area (Å²) in [7, 11) is -0.828. The Bertz CT molecular complexity index is 1290. The zero-order chi connectivity index (χ0) is 25.9. The number of aryl methyl sites for hydroxylation is 2. The van der Waals surface area contributed by atoms with Crippen LogP contribution in [-0.2, 0) is 0 Å². The molecule has 0 N–H and O–H groups in total. The lowest BCUT2D eigenvalue weighted by Crippen LogP contribution is -2.26. The fourth-order valence-corrected chi connectivity index (χ4v) is 13.6. The Morgan fingerprint density at radius 1 is 0.474 bits per heavy atom. The fourth-order valence-electron chi connectivity index (χ4n) is 6.99. The van der Waals surface area contributed by atoms with Crippen LogP contribution >= 0.6 is 15.8 Å². The van der Waals surface area contributed by atoms with Gasteiger partial charge in [0, 0.05) is 0 Å². The molecule has 0 saturated heterocycles. The highest BCUT2D eigenvalue weighted by Crippen LogP contribution is 2.58. The van der Waals surface area contributed by atoms with Crippen LogP contribution in [0, 0.1) is 13.8 Å². The minimum atomic E-state index is -0.664. The average molecular weight is 535 g/mol. The van der Waals surface area contributed by atoms with E-state index in [9.17, 15) is 0 Å². The Morgan fingerprint density at radius 2 is 0.895 bits per heavy atom. The topological polar surface area (TPSA) is 0 Å². The van der Waals surface area contributed by atoms with Gasteiger partial charge in [0.15, 0.2) is 0 Å². The maximum absolute atomic E-state index is 2.55. The summed E-state index contributed by atoms with van der Waals surface area (Å²) in [6.45, 7) is 4.73. The Morgan fingerprint density at radius 3 is 1.37 bits per heavy atom. The zero-order valence-corrected chi connectivity index (χ0v) is 24.7. The molecule has 4 aromatic rings. The smallest absolute Gasteiger partial charge is 0.00619 e. The predicted molar refractivity (Wildman–Crippen MR) is 171 cm³/mol. The van der Waals surface area contributed by atoms with Crippen molar-refractivity contribution in [1.29, 1.82) is 0 Å². The van der Waals surface area contributed by atoms with Gasteiger partial charge in [0.2, 0.25) is 0 Å². The van der Waals surface area contributed by atoms with Crippen molar-refractivity contribution in [1.82, 2.24) is 0 Å². The van der Waals surface area contributed by atoms with Gasteiger partial charge in [-0.05, 0) is 102 Å². The third-order valence-corrected chi connectivity index (χ3v) is 14.8. The summed E-state index contributed by atoms with van der Waals surface area (Å²) in [5, 5.41) is 6.10. The normalized spacial score (nSPS) is 16.6. The van der Waals surface area contributed by atoms with Crippen LogP contribution in [0.5, 0.6) is 0 Å². The molecule has 0 unspecified atom stereocenters. The van der Waals surface area contributed by atoms with Crippen LogP contribution in [0.2, 0.25) is 0 Å². The Labute approximate surface area is 232 Å². The summed E-state index contributed by atoms with van der Waals surface area (Å²) in [5.74, 6) is 0. The molecule has 0 aliphatic heterocycles. The van der Waals surface area contributed by atoms with Gasteiger partial charge in [-0.25, -0.2) is 0 Å². The van der Waals surface area contributed by atoms with E-state index >= 15 is 0 Å². The van der Waals surface area contributed by atoms with E-state index in [-0.39, 0.29) is 7.92 Å². The molecule has 0 bridgehead atoms. The highest BCUT2D eigenvalue weighted by atomic mass is 31.1. The lowest BCUT2D eigenvalue weighted by atomic mass is 9.96. The molecule has 0 radical (unpaired) electrons. The van der Waals surface area contributed by atoms with Gasteiger partial charge in [0.25, 0.3) is 0 Å². The van der Waals surface area contributed by atoms with Crippen molar-refractivity contribution in [2.24, 2.45) is 0 Å². The first-order valence-corrected chi connectivity index (χ1v) is 17.4. The van der Waals surface area contributed by atoms with Gasteiger partial charge in [-0.2, -0.15) is 0 Å². The molecule has 2 heteroatoms. The molecule has 194 valence electrons. The summed E-state index contributed by atoms with van der Waals surface area (Å²) >= 11 is 0. The van der Waals surface area contributed by atoms with Gasteiger partial charge in [-0.1, -0.05) is 131 Å². The molecule has 2 saturated carbocycles. The highest BCUT2D eigenvalue weighted by molar-refractivity contribution is 7.80. The van der Waals surface area contributed by atoms with E-state index in [1.54, 1.807) is 10.9 Å². The van der Waals surface area contributed by atoms with Gasteiger partial charge in [0.1, 0.15) is 0 Å². The first kappa shape index (κ1) is 26.0. The number of benzene rings is 4. The van der Waals surface area contributed by atoms with Crippen LogP contribution < -0.4 is 21.2 Å². The standard InChI is InChI=1S/C36H40P2/c1-27-15-13-25-33(37(29-17-5-3-6-18-29)30-19-7-4-8-20-30)35(27)36-28(2)16-14-26-34(36)38(31-21-9-10-22-31)32-23-11-12-24-32/h3-8,13-20,25-26,31-32H,9-12,21-24H2,1-2H3. The molecule has 0 spiro atoms. The summed E-state index contributed by atoms with van der Waals surface area (Å²) in [4.78, 5) is 0. The third-order valence-electron chi connectivity index (χ3n) is 8.74. The minimum Gasteiger partial charge on any atom is -0.0683 e. The molecular formula is C36H40P2. The van der Waals surface area contributed by atoms with E-state index in [1.807, 2.05) is 0 Å². The van der Waals surface area contributed by atoms with Crippen LogP contribution in [0.1, 0.15) is 62.5 Å². The molecule has 2 fully saturated rings. The van der Waals surface area contributed by atoms with Crippen LogP contribution in [0.4, 0.5) is 0 Å². The number of hydrogen-bond acceptors (Lipinski definition) is 0. The summed E-state index contributed by atoms with van der Waals surface area (Å²) in [6.07, 6.45) is 11.5. The fraction of sp³-hybridized carbons (Fsp3) is 0.333. The molecule has 0 atom stereocenters. The Kier molecular flexibility index (Phi) is 8.11. The van der Waals surface area contributed by atoms with Gasteiger partial charge in [0.05, 0.1) is 0 Å². The monoisotopic (exact) mass is 534 g/mol. The van der Waals surface area contributed by atoms with Crippen molar-refractivity contribution in [3.05, 3.63) is 108 Å². The third kappa shape index (κ3) is 5.16. The summed E-state index contributed by atoms with van der Waals surface area (Å²) < 4.78 is 0. The molecular weight excluding hydrogens is 494 g/mol. The van der Waals surface area contributed by atoms with Gasteiger partial charge in [-0.3, -0.25) is 0 Å². The molecule has 2 aliphatic rings. The predicted octanol–water partition coefficient (Wildman–Crippen LogP) is 8.72. The SMILES string of the molecule is Cc1cccc(P(c2ccccc2)c2ccccc2)c1-c1c(C)cccc1P(C1CCCC1)C1CCCC1. The van der Waals surface area contributed by atoms with Crippen LogP contribution in [-0.4, -0.2) is 11.3 Å². The van der Waals surface area contributed by atoms with Crippen LogP contribution in [0.3, 0.4) is 0 Å². The molecule has 0 amide bonds. The first-order chi connectivity index (χ1) is 18.7. The van der Waals surface area contributed by atoms with Gasteiger partial charge < -0.3 is 0 Å². The van der Waals surface area contributed by atoms with E-state index in [0.29, 0.717) is 0 Å². The lowest BCUT2D eigenvalue weighted by Gasteiger charge is -2.34. The molecule has 6 rings (SSSR count). The second kappa shape index (κ2) is 11.9. The van der Waals surface area contributed by atoms with E-state index in [0.717, 1.165) is 11.3 Å². The molecule has 4 aromatic carbocycles. The zero-order valence-electron chi connectivity index (χ0n) is 22.9. The molecule has 38 heavy (non-hydrogen) atoms. The van der Waals surface area contributed by atoms with Crippen LogP contribution in [0.15, 0.2) is 97.1 Å². The number of rotatable bonds is 7. The van der Waals surface area contributed by atoms with E-state index in [2.05, 4.69) is 111 Å². The second-order valence-electron chi connectivity index (χ2n) is 11.2. The van der Waals surface area contributed by atoms with Gasteiger partial charge in [-0.15, -0.1) is 0 Å². The van der Waals surface area contributed by atoms with E-state index in [4.69, 9.17) is 0 Å². The van der Waals surface area contributed by atoms with Gasteiger partial charge >= 0.3 is 0 Å². The van der Waals surface area contributed by atoms with E-state index in [1.165, 1.54) is 84.0 Å². The van der Waals surface area contributed by atoms with Crippen molar-refractivity contribution in [2.75, 3.05) is 0 Å². The van der Waals surface area contributed by atoms with E-state index < -0.39 is 7.92 Å². The van der Waals surface area contributed by atoms with Crippen molar-refractivity contribution in [3.63, 3.8) is 0 Å². The number of hydrogen-bond donors (Lipinski definition) is 0. The van der Waals surface area contributed by atoms with Crippen molar-refractivity contribution in [2.45, 2.75) is 76.5 Å². The molecule has 0 aromatic heterocycles. The Hall–Kier alpha value is -2.26. The maximum Gasteiger partial charge on any atom is -0.00619 e. The maximum atomic E-state index is 2.55.